The predicted octanol–water partition coefficient (Wildman–Crippen LogP) is 1.48. The lowest BCUT2D eigenvalue weighted by atomic mass is 9.94. The van der Waals surface area contributed by atoms with Gasteiger partial charge in [0, 0.05) is 37.1 Å². The van der Waals surface area contributed by atoms with Crippen molar-refractivity contribution in [3.05, 3.63) is 0 Å². The molecule has 2 amide bonds. The van der Waals surface area contributed by atoms with Crippen molar-refractivity contribution in [3.8, 4) is 0 Å². The Bertz CT molecular complexity index is 380. The molecular formula is C16H31N3O2. The third-order valence-corrected chi connectivity index (χ3v) is 3.40. The van der Waals surface area contributed by atoms with Gasteiger partial charge in [-0.05, 0) is 27.2 Å². The number of rotatable bonds is 2. The molecule has 0 saturated carbocycles. The summed E-state index contributed by atoms with van der Waals surface area (Å²) in [5.74, 6) is 0.251. The summed E-state index contributed by atoms with van der Waals surface area (Å²) >= 11 is 0. The van der Waals surface area contributed by atoms with Gasteiger partial charge in [0.1, 0.15) is 0 Å². The summed E-state index contributed by atoms with van der Waals surface area (Å²) in [4.78, 5) is 28.4. The third kappa shape index (κ3) is 6.46. The first-order valence-electron chi connectivity index (χ1n) is 7.82. The number of hydrogen-bond acceptors (Lipinski definition) is 3. The van der Waals surface area contributed by atoms with Crippen LogP contribution in [0.3, 0.4) is 0 Å². The van der Waals surface area contributed by atoms with E-state index in [2.05, 4.69) is 10.2 Å². The minimum Gasteiger partial charge on any atom is -0.350 e. The van der Waals surface area contributed by atoms with Crippen molar-refractivity contribution in [3.63, 3.8) is 0 Å². The molecule has 1 rings (SSSR count). The molecule has 0 aromatic rings. The van der Waals surface area contributed by atoms with Crippen LogP contribution in [-0.2, 0) is 9.59 Å². The fraction of sp³-hybridized carbons (Fsp3) is 0.875. The van der Waals surface area contributed by atoms with Crippen molar-refractivity contribution in [2.75, 3.05) is 32.7 Å². The summed E-state index contributed by atoms with van der Waals surface area (Å²) in [6.45, 7) is 15.3. The van der Waals surface area contributed by atoms with Crippen LogP contribution in [0, 0.1) is 5.41 Å². The minimum absolute atomic E-state index is 0.0538. The van der Waals surface area contributed by atoms with E-state index >= 15 is 0 Å². The molecule has 0 spiro atoms. The molecular weight excluding hydrogens is 266 g/mol. The van der Waals surface area contributed by atoms with E-state index in [0.717, 1.165) is 26.1 Å². The number of nitrogens with zero attached hydrogens (tertiary/aromatic N) is 2. The second-order valence-electron chi connectivity index (χ2n) is 7.97. The van der Waals surface area contributed by atoms with Gasteiger partial charge in [0.25, 0.3) is 0 Å². The molecule has 0 unspecified atom stereocenters. The van der Waals surface area contributed by atoms with Gasteiger partial charge in [0.05, 0.1) is 6.54 Å². The molecule has 0 aromatic carbocycles. The lowest BCUT2D eigenvalue weighted by Gasteiger charge is -2.28. The Kier molecular flexibility index (Phi) is 5.79. The van der Waals surface area contributed by atoms with Crippen LogP contribution >= 0.6 is 0 Å². The van der Waals surface area contributed by atoms with Gasteiger partial charge in [-0.3, -0.25) is 14.5 Å². The molecule has 5 nitrogen and oxygen atoms in total. The lowest BCUT2D eigenvalue weighted by molar-refractivity contribution is -0.139. The molecule has 0 aliphatic carbocycles. The van der Waals surface area contributed by atoms with Gasteiger partial charge in [0.2, 0.25) is 11.8 Å². The van der Waals surface area contributed by atoms with Gasteiger partial charge >= 0.3 is 0 Å². The summed E-state index contributed by atoms with van der Waals surface area (Å²) in [5.41, 5.74) is -0.532. The van der Waals surface area contributed by atoms with Crippen molar-refractivity contribution in [1.82, 2.24) is 15.1 Å². The van der Waals surface area contributed by atoms with Crippen LogP contribution in [0.4, 0.5) is 0 Å². The third-order valence-electron chi connectivity index (χ3n) is 3.40. The van der Waals surface area contributed by atoms with Crippen LogP contribution in [0.25, 0.3) is 0 Å². The Labute approximate surface area is 129 Å². The second-order valence-corrected chi connectivity index (χ2v) is 7.97. The summed E-state index contributed by atoms with van der Waals surface area (Å²) in [6.07, 6.45) is 0.921. The first kappa shape index (κ1) is 18.0. The fourth-order valence-corrected chi connectivity index (χ4v) is 2.47. The lowest BCUT2D eigenvalue weighted by Crippen LogP contribution is -2.47. The zero-order valence-corrected chi connectivity index (χ0v) is 14.5. The van der Waals surface area contributed by atoms with E-state index in [4.69, 9.17) is 0 Å². The number of nitrogens with one attached hydrogen (secondary N) is 1. The van der Waals surface area contributed by atoms with Gasteiger partial charge in [-0.2, -0.15) is 0 Å². The number of amides is 2. The zero-order valence-electron chi connectivity index (χ0n) is 14.5. The van der Waals surface area contributed by atoms with E-state index in [1.54, 1.807) is 0 Å². The monoisotopic (exact) mass is 297 g/mol. The van der Waals surface area contributed by atoms with Crippen LogP contribution in [0.2, 0.25) is 0 Å². The average molecular weight is 297 g/mol. The van der Waals surface area contributed by atoms with Crippen molar-refractivity contribution >= 4 is 11.8 Å². The van der Waals surface area contributed by atoms with Gasteiger partial charge in [0.15, 0.2) is 0 Å². The van der Waals surface area contributed by atoms with Gasteiger partial charge in [-0.1, -0.05) is 20.8 Å². The molecule has 0 bridgehead atoms. The minimum atomic E-state index is -0.335. The SMILES string of the molecule is CC(C)(C)NC(=O)CN1CCCN(C(=O)C(C)(C)C)CC1. The quantitative estimate of drug-likeness (QED) is 0.840. The number of carbonyl (C=O) groups excluding carboxylic acids is 2. The van der Waals surface area contributed by atoms with E-state index < -0.39 is 0 Å². The highest BCUT2D eigenvalue weighted by atomic mass is 16.2. The summed E-state index contributed by atoms with van der Waals surface area (Å²) < 4.78 is 0. The Balaban J connectivity index is 2.50. The second kappa shape index (κ2) is 6.77. The Morgan fingerprint density at radius 1 is 0.952 bits per heavy atom. The summed E-state index contributed by atoms with van der Waals surface area (Å²) in [5, 5.41) is 2.98. The van der Waals surface area contributed by atoms with Gasteiger partial charge in [-0.25, -0.2) is 0 Å². The molecule has 0 atom stereocenters. The molecule has 122 valence electrons. The fourth-order valence-electron chi connectivity index (χ4n) is 2.47. The first-order valence-corrected chi connectivity index (χ1v) is 7.82. The summed E-state index contributed by atoms with van der Waals surface area (Å²) in [6, 6.07) is 0. The van der Waals surface area contributed by atoms with Crippen LogP contribution < -0.4 is 5.32 Å². The van der Waals surface area contributed by atoms with Crippen molar-refractivity contribution in [2.24, 2.45) is 5.41 Å². The zero-order chi connectivity index (χ0) is 16.3. The van der Waals surface area contributed by atoms with Crippen LogP contribution in [0.1, 0.15) is 48.0 Å². The van der Waals surface area contributed by atoms with E-state index in [-0.39, 0.29) is 22.8 Å². The van der Waals surface area contributed by atoms with Crippen molar-refractivity contribution in [1.29, 1.82) is 0 Å². The highest BCUT2D eigenvalue weighted by molar-refractivity contribution is 5.81. The Morgan fingerprint density at radius 3 is 2.10 bits per heavy atom. The van der Waals surface area contributed by atoms with E-state index in [1.807, 2.05) is 46.4 Å². The standard InChI is InChI=1S/C16H31N3O2/c1-15(2,3)14(21)19-9-7-8-18(10-11-19)12-13(20)17-16(4,5)6/h7-12H2,1-6H3,(H,17,20). The average Bonchev–Trinajstić information content (AvgIpc) is 2.49. The maximum atomic E-state index is 12.3. The van der Waals surface area contributed by atoms with E-state index in [0.29, 0.717) is 13.1 Å². The smallest absolute Gasteiger partial charge is 0.234 e. The highest BCUT2D eigenvalue weighted by Crippen LogP contribution is 2.18. The topological polar surface area (TPSA) is 52.7 Å². The molecule has 0 radical (unpaired) electrons. The van der Waals surface area contributed by atoms with Crippen LogP contribution in [0.5, 0.6) is 0 Å². The molecule has 1 saturated heterocycles. The Hall–Kier alpha value is -1.10. The number of hydrogen-bond donors (Lipinski definition) is 1. The molecule has 1 fully saturated rings. The number of carbonyl (C=O) groups is 2. The molecule has 1 aliphatic heterocycles. The van der Waals surface area contributed by atoms with Gasteiger partial charge < -0.3 is 10.2 Å². The molecule has 1 heterocycles. The maximum absolute atomic E-state index is 12.3. The van der Waals surface area contributed by atoms with Gasteiger partial charge in [-0.15, -0.1) is 0 Å². The molecule has 21 heavy (non-hydrogen) atoms. The maximum Gasteiger partial charge on any atom is 0.234 e. The Morgan fingerprint density at radius 2 is 1.57 bits per heavy atom. The molecule has 5 heteroatoms. The van der Waals surface area contributed by atoms with Crippen LogP contribution in [-0.4, -0.2) is 59.9 Å². The molecule has 1 aliphatic rings. The summed E-state index contributed by atoms with van der Waals surface area (Å²) in [7, 11) is 0. The van der Waals surface area contributed by atoms with E-state index in [1.165, 1.54) is 0 Å². The highest BCUT2D eigenvalue weighted by Gasteiger charge is 2.29. The van der Waals surface area contributed by atoms with Crippen LogP contribution in [0.15, 0.2) is 0 Å². The first-order chi connectivity index (χ1) is 9.49. The van der Waals surface area contributed by atoms with Crippen molar-refractivity contribution < 1.29 is 9.59 Å². The van der Waals surface area contributed by atoms with Crippen molar-refractivity contribution in [2.45, 2.75) is 53.5 Å². The molecule has 0 aromatic heterocycles. The largest absolute Gasteiger partial charge is 0.350 e. The van der Waals surface area contributed by atoms with E-state index in [9.17, 15) is 9.59 Å². The molecule has 1 N–H and O–H groups in total. The normalized spacial score (nSPS) is 18.3. The predicted molar refractivity (Wildman–Crippen MR) is 85.0 cm³/mol.